The summed E-state index contributed by atoms with van der Waals surface area (Å²) in [5.41, 5.74) is -0.308. The van der Waals surface area contributed by atoms with Gasteiger partial charge in [-0.1, -0.05) is 6.92 Å². The minimum atomic E-state index is -0.762. The van der Waals surface area contributed by atoms with E-state index in [-0.39, 0.29) is 11.7 Å². The van der Waals surface area contributed by atoms with Crippen molar-refractivity contribution in [2.45, 2.75) is 65.7 Å². The summed E-state index contributed by atoms with van der Waals surface area (Å²) in [6, 6.07) is 0. The van der Waals surface area contributed by atoms with E-state index in [0.717, 1.165) is 22.0 Å². The zero-order valence-electron chi connectivity index (χ0n) is 14.1. The molecule has 7 nitrogen and oxygen atoms in total. The lowest BCUT2D eigenvalue weighted by Crippen LogP contribution is -2.48. The van der Waals surface area contributed by atoms with Crippen molar-refractivity contribution >= 4 is 6.09 Å². The normalized spacial score (nSPS) is 18.2. The highest BCUT2D eigenvalue weighted by molar-refractivity contribution is 5.71. The maximum atomic E-state index is 12.7. The third-order valence-corrected chi connectivity index (χ3v) is 3.96. The number of aromatic nitrogens is 2. The fourth-order valence-electron chi connectivity index (χ4n) is 2.83. The molecule has 23 heavy (non-hydrogen) atoms. The van der Waals surface area contributed by atoms with Crippen molar-refractivity contribution in [2.24, 2.45) is 0 Å². The van der Waals surface area contributed by atoms with Crippen LogP contribution in [0.4, 0.5) is 4.79 Å². The van der Waals surface area contributed by atoms with Gasteiger partial charge in [0.05, 0.1) is 6.10 Å². The van der Waals surface area contributed by atoms with Gasteiger partial charge in [-0.3, -0.25) is 4.79 Å². The van der Waals surface area contributed by atoms with Crippen LogP contribution in [0.25, 0.3) is 0 Å². The van der Waals surface area contributed by atoms with Gasteiger partial charge in [-0.25, -0.2) is 18.7 Å². The van der Waals surface area contributed by atoms with E-state index in [9.17, 15) is 14.4 Å². The molecule has 2 rings (SSSR count). The molecule has 0 saturated carbocycles. The Morgan fingerprint density at radius 1 is 1.35 bits per heavy atom. The molecule has 1 aliphatic rings. The van der Waals surface area contributed by atoms with Crippen molar-refractivity contribution in [1.29, 1.82) is 0 Å². The van der Waals surface area contributed by atoms with E-state index in [2.05, 4.69) is 0 Å². The molecule has 1 unspecified atom stereocenters. The molecule has 2 heterocycles. The predicted molar refractivity (Wildman–Crippen MR) is 84.9 cm³/mol. The first-order valence-electron chi connectivity index (χ1n) is 8.08. The molecule has 128 valence electrons. The molecule has 1 saturated heterocycles. The molecular formula is C16H24N2O5. The van der Waals surface area contributed by atoms with Crippen molar-refractivity contribution in [3.63, 3.8) is 0 Å². The first-order valence-corrected chi connectivity index (χ1v) is 8.08. The molecule has 0 bridgehead atoms. The van der Waals surface area contributed by atoms with Crippen LogP contribution in [0.2, 0.25) is 0 Å². The lowest BCUT2D eigenvalue weighted by atomic mass is 10.1. The Morgan fingerprint density at radius 2 is 2.04 bits per heavy atom. The topological polar surface area (TPSA) is 79.5 Å². The van der Waals surface area contributed by atoms with Gasteiger partial charge in [-0.05, 0) is 46.5 Å². The zero-order chi connectivity index (χ0) is 17.1. The van der Waals surface area contributed by atoms with E-state index >= 15 is 0 Å². The highest BCUT2D eigenvalue weighted by Gasteiger charge is 2.26. The summed E-state index contributed by atoms with van der Waals surface area (Å²) >= 11 is 0. The van der Waals surface area contributed by atoms with Crippen molar-refractivity contribution < 1.29 is 14.3 Å². The molecule has 0 aliphatic carbocycles. The van der Waals surface area contributed by atoms with Crippen molar-refractivity contribution in [1.82, 2.24) is 9.13 Å². The molecule has 1 aromatic heterocycles. The van der Waals surface area contributed by atoms with Crippen LogP contribution in [0.5, 0.6) is 0 Å². The van der Waals surface area contributed by atoms with Crippen LogP contribution in [0.15, 0.2) is 9.59 Å². The Balaban J connectivity index is 2.65. The van der Waals surface area contributed by atoms with Crippen LogP contribution in [0, 0.1) is 6.92 Å². The van der Waals surface area contributed by atoms with Crippen LogP contribution in [0.3, 0.4) is 0 Å². The van der Waals surface area contributed by atoms with E-state index < -0.39 is 18.0 Å². The van der Waals surface area contributed by atoms with Crippen LogP contribution in [-0.4, -0.2) is 27.9 Å². The largest absolute Gasteiger partial charge is 0.446 e. The Bertz CT molecular complexity index is 696. The third kappa shape index (κ3) is 3.39. The van der Waals surface area contributed by atoms with E-state index in [1.807, 2.05) is 6.92 Å². The number of ether oxygens (including phenoxy) is 2. The SMILES string of the molecule is CCc1c(C)n(C(=O)OC(C)C)c(=O)n(C2CCCCO2)c1=O. The zero-order valence-corrected chi connectivity index (χ0v) is 14.1. The van der Waals surface area contributed by atoms with Crippen LogP contribution in [-0.2, 0) is 15.9 Å². The van der Waals surface area contributed by atoms with Crippen molar-refractivity contribution in [3.8, 4) is 0 Å². The molecule has 1 fully saturated rings. The summed E-state index contributed by atoms with van der Waals surface area (Å²) in [5, 5.41) is 0. The summed E-state index contributed by atoms with van der Waals surface area (Å²) < 4.78 is 12.7. The third-order valence-electron chi connectivity index (χ3n) is 3.96. The quantitative estimate of drug-likeness (QED) is 0.849. The highest BCUT2D eigenvalue weighted by atomic mass is 16.6. The molecule has 0 amide bonds. The standard InChI is InChI=1S/C16H24N2O5/c1-5-12-11(4)17(16(21)23-10(2)3)15(20)18(14(12)19)13-8-6-7-9-22-13/h10,13H,5-9H2,1-4H3. The number of rotatable bonds is 3. The molecule has 1 atom stereocenters. The Morgan fingerprint density at radius 3 is 2.57 bits per heavy atom. The predicted octanol–water partition coefficient (Wildman–Crippen LogP) is 1.97. The fourth-order valence-corrected chi connectivity index (χ4v) is 2.83. The summed E-state index contributed by atoms with van der Waals surface area (Å²) in [6.07, 6.45) is 1.05. The molecule has 7 heteroatoms. The summed E-state index contributed by atoms with van der Waals surface area (Å²) in [6.45, 7) is 7.33. The Hall–Kier alpha value is -1.89. The monoisotopic (exact) mass is 324 g/mol. The van der Waals surface area contributed by atoms with Gasteiger partial charge in [0.25, 0.3) is 5.56 Å². The van der Waals surface area contributed by atoms with Gasteiger partial charge >= 0.3 is 11.8 Å². The van der Waals surface area contributed by atoms with Gasteiger partial charge in [0.2, 0.25) is 0 Å². The summed E-state index contributed by atoms with van der Waals surface area (Å²) in [4.78, 5) is 37.7. The smallest absolute Gasteiger partial charge is 0.422 e. The first kappa shape index (κ1) is 17.5. The molecule has 0 N–H and O–H groups in total. The molecular weight excluding hydrogens is 300 g/mol. The molecule has 0 radical (unpaired) electrons. The molecule has 1 aliphatic heterocycles. The highest BCUT2D eigenvalue weighted by Crippen LogP contribution is 2.20. The van der Waals surface area contributed by atoms with E-state index in [1.165, 1.54) is 0 Å². The first-order chi connectivity index (χ1) is 10.9. The van der Waals surface area contributed by atoms with Crippen molar-refractivity contribution in [3.05, 3.63) is 32.1 Å². The molecule has 1 aromatic rings. The maximum Gasteiger partial charge on any atom is 0.422 e. The van der Waals surface area contributed by atoms with Crippen LogP contribution >= 0.6 is 0 Å². The number of hydrogen-bond donors (Lipinski definition) is 0. The number of nitrogens with zero attached hydrogens (tertiary/aromatic N) is 2. The minimum Gasteiger partial charge on any atom is -0.446 e. The number of carbonyl (C=O) groups excluding carboxylic acids is 1. The average molecular weight is 324 g/mol. The van der Waals surface area contributed by atoms with Gasteiger partial charge in [-0.2, -0.15) is 0 Å². The second kappa shape index (κ2) is 7.12. The van der Waals surface area contributed by atoms with Gasteiger partial charge in [0, 0.05) is 17.9 Å². The van der Waals surface area contributed by atoms with Gasteiger partial charge in [0.1, 0.15) is 6.23 Å². The minimum absolute atomic E-state index is 0.334. The number of carbonyl (C=O) groups is 1. The van der Waals surface area contributed by atoms with Crippen molar-refractivity contribution in [2.75, 3.05) is 6.61 Å². The Labute approximate surface area is 134 Å². The van der Waals surface area contributed by atoms with Gasteiger partial charge in [0.15, 0.2) is 0 Å². The maximum absolute atomic E-state index is 12.7. The number of hydrogen-bond acceptors (Lipinski definition) is 5. The molecule has 0 aromatic carbocycles. The lowest BCUT2D eigenvalue weighted by Gasteiger charge is -2.25. The summed E-state index contributed by atoms with van der Waals surface area (Å²) in [7, 11) is 0. The van der Waals surface area contributed by atoms with E-state index in [1.54, 1.807) is 20.8 Å². The summed E-state index contributed by atoms with van der Waals surface area (Å²) in [5.74, 6) is 0. The fraction of sp³-hybridized carbons (Fsp3) is 0.688. The van der Waals surface area contributed by atoms with Gasteiger partial charge < -0.3 is 9.47 Å². The molecule has 0 spiro atoms. The second-order valence-electron chi connectivity index (χ2n) is 5.96. The van der Waals surface area contributed by atoms with E-state index in [0.29, 0.717) is 30.7 Å². The average Bonchev–Trinajstić information content (AvgIpc) is 2.47. The Kier molecular flexibility index (Phi) is 5.41. The van der Waals surface area contributed by atoms with Crippen LogP contribution < -0.4 is 11.2 Å². The van der Waals surface area contributed by atoms with E-state index in [4.69, 9.17) is 9.47 Å². The van der Waals surface area contributed by atoms with Gasteiger partial charge in [-0.15, -0.1) is 0 Å². The lowest BCUT2D eigenvalue weighted by molar-refractivity contribution is -0.0376. The second-order valence-corrected chi connectivity index (χ2v) is 5.96. The van der Waals surface area contributed by atoms with Crippen LogP contribution in [0.1, 0.15) is 57.5 Å².